The molecule has 0 aliphatic carbocycles. The van der Waals surface area contributed by atoms with Crippen LogP contribution in [0.5, 0.6) is 0 Å². The average Bonchev–Trinajstić information content (AvgIpc) is 2.09. The van der Waals surface area contributed by atoms with Gasteiger partial charge in [0.1, 0.15) is 6.10 Å². The van der Waals surface area contributed by atoms with Crippen molar-refractivity contribution in [3.05, 3.63) is 0 Å². The lowest BCUT2D eigenvalue weighted by molar-refractivity contribution is 0.106. The highest BCUT2D eigenvalue weighted by atomic mass is 35.7. The summed E-state index contributed by atoms with van der Waals surface area (Å²) in [6.45, 7) is 3.82. The first kappa shape index (κ1) is 15.5. The maximum absolute atomic E-state index is 11.0. The second kappa shape index (κ2) is 7.73. The Labute approximate surface area is 101 Å². The van der Waals surface area contributed by atoms with Crippen LogP contribution in [0.25, 0.3) is 0 Å². The van der Waals surface area contributed by atoms with Crippen molar-refractivity contribution < 1.29 is 17.9 Å². The van der Waals surface area contributed by atoms with Gasteiger partial charge in [0.05, 0.1) is 0 Å². The van der Waals surface area contributed by atoms with E-state index >= 15 is 0 Å². The van der Waals surface area contributed by atoms with Gasteiger partial charge in [-0.1, -0.05) is 26.2 Å². The molecule has 0 aromatic heterocycles. The SMILES string of the molecule is CCCCCCC(C)OC(=O)NS(=O)(=O)Cl. The lowest BCUT2D eigenvalue weighted by Gasteiger charge is -2.12. The van der Waals surface area contributed by atoms with E-state index in [2.05, 4.69) is 6.92 Å². The number of amides is 1. The minimum Gasteiger partial charge on any atom is -0.446 e. The first-order valence-electron chi connectivity index (χ1n) is 5.28. The van der Waals surface area contributed by atoms with E-state index in [-0.39, 0.29) is 6.10 Å². The normalized spacial score (nSPS) is 13.2. The maximum atomic E-state index is 11.0. The third kappa shape index (κ3) is 10.0. The first-order valence-corrected chi connectivity index (χ1v) is 7.59. The van der Waals surface area contributed by atoms with E-state index in [0.717, 1.165) is 32.1 Å². The smallest absolute Gasteiger partial charge is 0.422 e. The van der Waals surface area contributed by atoms with Crippen molar-refractivity contribution in [1.29, 1.82) is 0 Å². The van der Waals surface area contributed by atoms with E-state index < -0.39 is 15.3 Å². The monoisotopic (exact) mass is 271 g/mol. The van der Waals surface area contributed by atoms with Crippen molar-refractivity contribution in [3.63, 3.8) is 0 Å². The van der Waals surface area contributed by atoms with Gasteiger partial charge in [-0.05, 0) is 19.8 Å². The number of ether oxygens (including phenoxy) is 1. The van der Waals surface area contributed by atoms with Crippen LogP contribution in [0.15, 0.2) is 0 Å². The van der Waals surface area contributed by atoms with Crippen LogP contribution in [0.3, 0.4) is 0 Å². The fraction of sp³-hybridized carbons (Fsp3) is 0.889. The fourth-order valence-electron chi connectivity index (χ4n) is 1.22. The zero-order valence-corrected chi connectivity index (χ0v) is 11.1. The molecule has 0 fully saturated rings. The van der Waals surface area contributed by atoms with Crippen LogP contribution in [0.1, 0.15) is 46.0 Å². The number of rotatable bonds is 7. The highest BCUT2D eigenvalue weighted by Gasteiger charge is 2.14. The van der Waals surface area contributed by atoms with E-state index in [1.807, 2.05) is 0 Å². The summed E-state index contributed by atoms with van der Waals surface area (Å²) < 4.78 is 27.3. The van der Waals surface area contributed by atoms with Gasteiger partial charge in [-0.2, -0.15) is 8.42 Å². The number of halogens is 1. The second-order valence-electron chi connectivity index (χ2n) is 3.61. The summed E-state index contributed by atoms with van der Waals surface area (Å²) in [6.07, 6.45) is 3.70. The van der Waals surface area contributed by atoms with Gasteiger partial charge >= 0.3 is 15.3 Å². The average molecular weight is 272 g/mol. The zero-order valence-electron chi connectivity index (χ0n) is 9.53. The standard InChI is InChI=1S/C9H18ClNO4S/c1-3-4-5-6-7-8(2)15-9(12)11-16(10,13)14/h8H,3-7H2,1-2H3,(H,11,12). The van der Waals surface area contributed by atoms with Gasteiger partial charge in [-0.3, -0.25) is 0 Å². The van der Waals surface area contributed by atoms with Crippen molar-refractivity contribution in [2.45, 2.75) is 52.1 Å². The van der Waals surface area contributed by atoms with E-state index in [1.54, 1.807) is 6.92 Å². The molecule has 1 N–H and O–H groups in total. The Morgan fingerprint density at radius 2 is 2.00 bits per heavy atom. The summed E-state index contributed by atoms with van der Waals surface area (Å²) in [4.78, 5) is 11.0. The number of unbranched alkanes of at least 4 members (excludes halogenated alkanes) is 3. The van der Waals surface area contributed by atoms with Crippen LogP contribution >= 0.6 is 10.7 Å². The van der Waals surface area contributed by atoms with Gasteiger partial charge < -0.3 is 4.74 Å². The Kier molecular flexibility index (Phi) is 7.49. The number of nitrogens with one attached hydrogen (secondary N) is 1. The molecule has 0 spiro atoms. The van der Waals surface area contributed by atoms with E-state index in [1.165, 1.54) is 4.72 Å². The largest absolute Gasteiger partial charge is 0.446 e. The Morgan fingerprint density at radius 3 is 2.50 bits per heavy atom. The van der Waals surface area contributed by atoms with Crippen LogP contribution in [-0.4, -0.2) is 20.6 Å². The van der Waals surface area contributed by atoms with E-state index in [0.29, 0.717) is 0 Å². The fourth-order valence-corrected chi connectivity index (χ4v) is 1.66. The number of carbonyl (C=O) groups is 1. The topological polar surface area (TPSA) is 72.5 Å². The van der Waals surface area contributed by atoms with Gasteiger partial charge in [-0.25, -0.2) is 9.52 Å². The van der Waals surface area contributed by atoms with Crippen LogP contribution in [0.4, 0.5) is 4.79 Å². The Hall–Kier alpha value is -0.490. The van der Waals surface area contributed by atoms with Crippen LogP contribution in [0.2, 0.25) is 0 Å². The van der Waals surface area contributed by atoms with Gasteiger partial charge in [0.25, 0.3) is 0 Å². The molecular formula is C9H18ClNO4S. The molecule has 96 valence electrons. The minimum atomic E-state index is -4.05. The Balaban J connectivity index is 3.70. The minimum absolute atomic E-state index is 0.310. The third-order valence-electron chi connectivity index (χ3n) is 1.98. The lowest BCUT2D eigenvalue weighted by atomic mass is 10.1. The zero-order chi connectivity index (χ0) is 12.6. The molecule has 16 heavy (non-hydrogen) atoms. The molecular weight excluding hydrogens is 254 g/mol. The van der Waals surface area contributed by atoms with Crippen molar-refractivity contribution in [3.8, 4) is 0 Å². The molecule has 7 heteroatoms. The summed E-state index contributed by atoms with van der Waals surface area (Å²) in [5.41, 5.74) is 0. The molecule has 0 radical (unpaired) electrons. The molecule has 0 aliphatic rings. The summed E-state index contributed by atoms with van der Waals surface area (Å²) >= 11 is 0. The van der Waals surface area contributed by atoms with Gasteiger partial charge in [0.15, 0.2) is 0 Å². The second-order valence-corrected chi connectivity index (χ2v) is 5.90. The van der Waals surface area contributed by atoms with Crippen LogP contribution < -0.4 is 4.72 Å². The predicted octanol–water partition coefficient (Wildman–Crippen LogP) is 2.56. The number of hydrogen-bond donors (Lipinski definition) is 1. The summed E-state index contributed by atoms with van der Waals surface area (Å²) in [7, 11) is 0.767. The highest BCUT2D eigenvalue weighted by molar-refractivity contribution is 8.12. The molecule has 0 bridgehead atoms. The van der Waals surface area contributed by atoms with Crippen LogP contribution in [-0.2, 0) is 14.0 Å². The molecule has 0 rings (SSSR count). The van der Waals surface area contributed by atoms with Crippen LogP contribution in [0, 0.1) is 0 Å². The lowest BCUT2D eigenvalue weighted by Crippen LogP contribution is -2.30. The van der Waals surface area contributed by atoms with Gasteiger partial charge in [0, 0.05) is 10.7 Å². The van der Waals surface area contributed by atoms with Crippen molar-refractivity contribution in [2.24, 2.45) is 0 Å². The predicted molar refractivity (Wildman–Crippen MR) is 62.6 cm³/mol. The van der Waals surface area contributed by atoms with Gasteiger partial charge in [-0.15, -0.1) is 0 Å². The van der Waals surface area contributed by atoms with Gasteiger partial charge in [0.2, 0.25) is 0 Å². The molecule has 0 aromatic rings. The molecule has 0 saturated heterocycles. The molecule has 1 atom stereocenters. The molecule has 1 unspecified atom stereocenters. The van der Waals surface area contributed by atoms with Crippen molar-refractivity contribution >= 4 is 26.0 Å². The molecule has 0 heterocycles. The van der Waals surface area contributed by atoms with E-state index in [9.17, 15) is 13.2 Å². The number of hydrogen-bond acceptors (Lipinski definition) is 4. The van der Waals surface area contributed by atoms with Crippen molar-refractivity contribution in [1.82, 2.24) is 4.72 Å². The molecule has 5 nitrogen and oxygen atoms in total. The Bertz CT molecular complexity index is 305. The summed E-state index contributed by atoms with van der Waals surface area (Å²) in [5, 5.41) is 0. The Morgan fingerprint density at radius 1 is 1.38 bits per heavy atom. The quantitative estimate of drug-likeness (QED) is 0.570. The van der Waals surface area contributed by atoms with E-state index in [4.69, 9.17) is 15.4 Å². The first-order chi connectivity index (χ1) is 7.35. The summed E-state index contributed by atoms with van der Waals surface area (Å²) in [5.74, 6) is 0. The third-order valence-corrected chi connectivity index (χ3v) is 2.62. The number of carbonyl (C=O) groups excluding carboxylic acids is 1. The molecule has 1 amide bonds. The highest BCUT2D eigenvalue weighted by Crippen LogP contribution is 2.08. The summed E-state index contributed by atoms with van der Waals surface area (Å²) in [6, 6.07) is 0. The van der Waals surface area contributed by atoms with Crippen molar-refractivity contribution in [2.75, 3.05) is 0 Å². The molecule has 0 saturated carbocycles. The molecule has 0 aliphatic heterocycles. The molecule has 0 aromatic carbocycles. The maximum Gasteiger partial charge on any atom is 0.422 e.